The molecule has 2 heterocycles. The first-order valence-corrected chi connectivity index (χ1v) is 11.0. The SMILES string of the molecule is NC(=O)c1cccc(-c2cnc(N)nc2[C@H]2CCCN(CCOCc3ccccc3)C2)c1. The van der Waals surface area contributed by atoms with Gasteiger partial charge in [0.25, 0.3) is 0 Å². The van der Waals surface area contributed by atoms with Crippen molar-refractivity contribution in [2.45, 2.75) is 25.4 Å². The zero-order valence-corrected chi connectivity index (χ0v) is 18.1. The van der Waals surface area contributed by atoms with Crippen LogP contribution in [-0.4, -0.2) is 47.0 Å². The minimum Gasteiger partial charge on any atom is -0.375 e. The Morgan fingerprint density at radius 1 is 1.16 bits per heavy atom. The lowest BCUT2D eigenvalue weighted by molar-refractivity contribution is 0.0827. The number of nitrogen functional groups attached to an aromatic ring is 1. The molecule has 0 bridgehead atoms. The van der Waals surface area contributed by atoms with E-state index in [0.717, 1.165) is 49.3 Å². The van der Waals surface area contributed by atoms with Crippen molar-refractivity contribution in [2.24, 2.45) is 5.73 Å². The smallest absolute Gasteiger partial charge is 0.248 e. The molecule has 1 atom stereocenters. The van der Waals surface area contributed by atoms with E-state index in [1.54, 1.807) is 18.3 Å². The Morgan fingerprint density at radius 3 is 2.81 bits per heavy atom. The summed E-state index contributed by atoms with van der Waals surface area (Å²) in [7, 11) is 0. The minimum atomic E-state index is -0.455. The van der Waals surface area contributed by atoms with Gasteiger partial charge in [-0.3, -0.25) is 4.79 Å². The van der Waals surface area contributed by atoms with Gasteiger partial charge in [0.1, 0.15) is 0 Å². The van der Waals surface area contributed by atoms with E-state index >= 15 is 0 Å². The van der Waals surface area contributed by atoms with Gasteiger partial charge in [-0.15, -0.1) is 0 Å². The first kappa shape index (κ1) is 21.9. The fourth-order valence-electron chi connectivity index (χ4n) is 4.22. The fourth-order valence-corrected chi connectivity index (χ4v) is 4.22. The van der Waals surface area contributed by atoms with Gasteiger partial charge in [0, 0.05) is 36.3 Å². The maximum absolute atomic E-state index is 11.6. The van der Waals surface area contributed by atoms with Gasteiger partial charge in [0.05, 0.1) is 18.9 Å². The summed E-state index contributed by atoms with van der Waals surface area (Å²) < 4.78 is 5.88. The van der Waals surface area contributed by atoms with E-state index in [1.165, 1.54) is 5.56 Å². The number of nitrogens with two attached hydrogens (primary N) is 2. The average Bonchev–Trinajstić information content (AvgIpc) is 2.83. The number of amides is 1. The first-order valence-electron chi connectivity index (χ1n) is 11.0. The normalized spacial score (nSPS) is 16.7. The molecule has 1 saturated heterocycles. The lowest BCUT2D eigenvalue weighted by atomic mass is 9.89. The summed E-state index contributed by atoms with van der Waals surface area (Å²) in [4.78, 5) is 22.9. The number of nitrogens with zero attached hydrogens (tertiary/aromatic N) is 3. The van der Waals surface area contributed by atoms with Crippen molar-refractivity contribution in [1.29, 1.82) is 0 Å². The molecule has 7 nitrogen and oxygen atoms in total. The van der Waals surface area contributed by atoms with Crippen LogP contribution >= 0.6 is 0 Å². The van der Waals surface area contributed by atoms with Crippen LogP contribution in [0, 0.1) is 0 Å². The molecular formula is C25H29N5O2. The zero-order valence-electron chi connectivity index (χ0n) is 18.1. The maximum atomic E-state index is 11.6. The number of carbonyl (C=O) groups excluding carboxylic acids is 1. The number of benzene rings is 2. The number of anilines is 1. The van der Waals surface area contributed by atoms with Crippen LogP contribution in [-0.2, 0) is 11.3 Å². The lowest BCUT2D eigenvalue weighted by Gasteiger charge is -2.33. The molecule has 1 aliphatic rings. The highest BCUT2D eigenvalue weighted by Crippen LogP contribution is 2.33. The summed E-state index contributed by atoms with van der Waals surface area (Å²) in [6.07, 6.45) is 3.86. The van der Waals surface area contributed by atoms with E-state index < -0.39 is 5.91 Å². The number of rotatable bonds is 8. The third-order valence-corrected chi connectivity index (χ3v) is 5.85. The van der Waals surface area contributed by atoms with Crippen molar-refractivity contribution in [3.05, 3.63) is 77.6 Å². The van der Waals surface area contributed by atoms with Gasteiger partial charge in [-0.25, -0.2) is 9.97 Å². The van der Waals surface area contributed by atoms with E-state index in [9.17, 15) is 4.79 Å². The van der Waals surface area contributed by atoms with E-state index in [0.29, 0.717) is 18.8 Å². The number of ether oxygens (including phenoxy) is 1. The Balaban J connectivity index is 1.44. The predicted octanol–water partition coefficient (Wildman–Crippen LogP) is 3.22. The molecule has 1 aromatic heterocycles. The number of carbonyl (C=O) groups is 1. The average molecular weight is 432 g/mol. The Kier molecular flexibility index (Phi) is 7.09. The van der Waals surface area contributed by atoms with E-state index in [4.69, 9.17) is 16.2 Å². The van der Waals surface area contributed by atoms with Gasteiger partial charge in [-0.2, -0.15) is 0 Å². The largest absolute Gasteiger partial charge is 0.375 e. The van der Waals surface area contributed by atoms with Crippen LogP contribution in [0.5, 0.6) is 0 Å². The van der Waals surface area contributed by atoms with Crippen LogP contribution in [0.1, 0.15) is 40.4 Å². The molecule has 1 amide bonds. The maximum Gasteiger partial charge on any atom is 0.248 e. The van der Waals surface area contributed by atoms with Crippen LogP contribution in [0.25, 0.3) is 11.1 Å². The molecule has 0 radical (unpaired) electrons. The number of likely N-dealkylation sites (tertiary alicyclic amines) is 1. The van der Waals surface area contributed by atoms with Crippen LogP contribution in [0.2, 0.25) is 0 Å². The van der Waals surface area contributed by atoms with E-state index in [1.807, 2.05) is 30.3 Å². The minimum absolute atomic E-state index is 0.232. The van der Waals surface area contributed by atoms with Gasteiger partial charge in [-0.05, 0) is 42.6 Å². The quantitative estimate of drug-likeness (QED) is 0.530. The molecule has 166 valence electrons. The molecule has 4 N–H and O–H groups in total. The molecule has 1 aliphatic heterocycles. The highest BCUT2D eigenvalue weighted by molar-refractivity contribution is 5.94. The van der Waals surface area contributed by atoms with Crippen molar-refractivity contribution in [3.63, 3.8) is 0 Å². The molecule has 4 rings (SSSR count). The van der Waals surface area contributed by atoms with Crippen molar-refractivity contribution in [2.75, 3.05) is 32.0 Å². The monoisotopic (exact) mass is 431 g/mol. The Hall–Kier alpha value is -3.29. The number of aromatic nitrogens is 2. The van der Waals surface area contributed by atoms with Gasteiger partial charge < -0.3 is 21.1 Å². The van der Waals surface area contributed by atoms with Crippen LogP contribution in [0.15, 0.2) is 60.8 Å². The topological polar surface area (TPSA) is 107 Å². The Bertz CT molecular complexity index is 1060. The molecule has 1 fully saturated rings. The van der Waals surface area contributed by atoms with Crippen LogP contribution < -0.4 is 11.5 Å². The number of primary amides is 1. The molecule has 0 aliphatic carbocycles. The standard InChI is InChI=1S/C25H29N5O2/c26-24(31)20-9-4-8-19(14-20)22-15-28-25(27)29-23(22)21-10-5-11-30(16-21)12-13-32-17-18-6-2-1-3-7-18/h1-4,6-9,14-15,21H,5,10-13,16-17H2,(H2,26,31)(H2,27,28,29)/t21-/m0/s1. The Labute approximate surface area is 188 Å². The predicted molar refractivity (Wildman–Crippen MR) is 125 cm³/mol. The molecule has 2 aromatic carbocycles. The van der Waals surface area contributed by atoms with Crippen LogP contribution in [0.3, 0.4) is 0 Å². The third kappa shape index (κ3) is 5.49. The zero-order chi connectivity index (χ0) is 22.3. The molecule has 3 aromatic rings. The number of hydrogen-bond donors (Lipinski definition) is 2. The van der Waals surface area contributed by atoms with Gasteiger partial charge in [-0.1, -0.05) is 42.5 Å². The summed E-state index contributed by atoms with van der Waals surface area (Å²) in [6, 6.07) is 17.5. The number of hydrogen-bond acceptors (Lipinski definition) is 6. The molecule has 7 heteroatoms. The van der Waals surface area contributed by atoms with Crippen LogP contribution in [0.4, 0.5) is 5.95 Å². The second-order valence-electron chi connectivity index (χ2n) is 8.15. The molecule has 0 spiro atoms. The second-order valence-corrected chi connectivity index (χ2v) is 8.15. The molecule has 0 unspecified atom stereocenters. The third-order valence-electron chi connectivity index (χ3n) is 5.85. The summed E-state index contributed by atoms with van der Waals surface area (Å²) in [6.45, 7) is 4.10. The highest BCUT2D eigenvalue weighted by atomic mass is 16.5. The molecule has 0 saturated carbocycles. The van der Waals surface area contributed by atoms with Crippen molar-refractivity contribution < 1.29 is 9.53 Å². The van der Waals surface area contributed by atoms with Gasteiger partial charge >= 0.3 is 0 Å². The fraction of sp³-hybridized carbons (Fsp3) is 0.320. The van der Waals surface area contributed by atoms with Gasteiger partial charge in [0.2, 0.25) is 11.9 Å². The van der Waals surface area contributed by atoms with Crippen molar-refractivity contribution in [1.82, 2.24) is 14.9 Å². The molecular weight excluding hydrogens is 402 g/mol. The first-order chi connectivity index (χ1) is 15.6. The van der Waals surface area contributed by atoms with Gasteiger partial charge in [0.15, 0.2) is 0 Å². The van der Waals surface area contributed by atoms with Crippen molar-refractivity contribution >= 4 is 11.9 Å². The summed E-state index contributed by atoms with van der Waals surface area (Å²) in [5.41, 5.74) is 15.8. The summed E-state index contributed by atoms with van der Waals surface area (Å²) >= 11 is 0. The van der Waals surface area contributed by atoms with Crippen molar-refractivity contribution in [3.8, 4) is 11.1 Å². The molecule has 32 heavy (non-hydrogen) atoms. The summed E-state index contributed by atoms with van der Waals surface area (Å²) in [5, 5.41) is 0. The lowest BCUT2D eigenvalue weighted by Crippen LogP contribution is -2.37. The second kappa shape index (κ2) is 10.3. The Morgan fingerprint density at radius 2 is 2.00 bits per heavy atom. The number of piperidine rings is 1. The van der Waals surface area contributed by atoms with E-state index in [2.05, 4.69) is 27.0 Å². The summed E-state index contributed by atoms with van der Waals surface area (Å²) in [5.74, 6) is 0.0395. The highest BCUT2D eigenvalue weighted by Gasteiger charge is 2.25. The van der Waals surface area contributed by atoms with E-state index in [-0.39, 0.29) is 11.9 Å².